The highest BCUT2D eigenvalue weighted by molar-refractivity contribution is 5.77. The molecule has 0 aromatic rings. The van der Waals surface area contributed by atoms with Gasteiger partial charge in [-0.25, -0.2) is 0 Å². The Labute approximate surface area is 387 Å². The SMILES string of the molecule is CCCCC/C=C\CCCCCCCC(=O)OC(CCCCCCCCCCCCCCCC)CC(=O)NC(CO)C(O)CCCCCCCCCCCCCCCCCCC. The zero-order valence-electron chi connectivity index (χ0n) is 42.0. The molecule has 0 aliphatic rings. The van der Waals surface area contributed by atoms with Crippen molar-refractivity contribution in [1.82, 2.24) is 5.32 Å². The first-order valence-corrected chi connectivity index (χ1v) is 27.9. The van der Waals surface area contributed by atoms with Crippen LogP contribution in [0.25, 0.3) is 0 Å². The van der Waals surface area contributed by atoms with Crippen molar-refractivity contribution in [2.24, 2.45) is 0 Å². The summed E-state index contributed by atoms with van der Waals surface area (Å²) in [5.41, 5.74) is 0. The summed E-state index contributed by atoms with van der Waals surface area (Å²) in [5, 5.41) is 23.9. The van der Waals surface area contributed by atoms with Gasteiger partial charge in [0.1, 0.15) is 6.10 Å². The van der Waals surface area contributed by atoms with Crippen molar-refractivity contribution in [3.63, 3.8) is 0 Å². The lowest BCUT2D eigenvalue weighted by molar-refractivity contribution is -0.151. The molecule has 0 fully saturated rings. The summed E-state index contributed by atoms with van der Waals surface area (Å²) in [4.78, 5) is 26.2. The van der Waals surface area contributed by atoms with Crippen LogP contribution in [0.15, 0.2) is 12.2 Å². The van der Waals surface area contributed by atoms with E-state index < -0.39 is 18.2 Å². The van der Waals surface area contributed by atoms with Crippen molar-refractivity contribution in [2.75, 3.05) is 6.61 Å². The Morgan fingerprint density at radius 2 is 0.774 bits per heavy atom. The highest BCUT2D eigenvalue weighted by atomic mass is 16.5. The minimum absolute atomic E-state index is 0.0818. The monoisotopic (exact) mass is 876 g/mol. The van der Waals surface area contributed by atoms with E-state index in [1.165, 1.54) is 212 Å². The smallest absolute Gasteiger partial charge is 0.306 e. The number of aliphatic hydroxyl groups excluding tert-OH is 2. The number of hydrogen-bond donors (Lipinski definition) is 3. The van der Waals surface area contributed by atoms with Gasteiger partial charge in [-0.1, -0.05) is 258 Å². The van der Waals surface area contributed by atoms with Crippen LogP contribution in [0.1, 0.15) is 310 Å². The fraction of sp³-hybridized carbons (Fsp3) is 0.929. The lowest BCUT2D eigenvalue weighted by Gasteiger charge is -2.24. The molecule has 0 saturated carbocycles. The van der Waals surface area contributed by atoms with Gasteiger partial charge in [-0.3, -0.25) is 9.59 Å². The third kappa shape index (κ3) is 45.2. The molecule has 0 saturated heterocycles. The summed E-state index contributed by atoms with van der Waals surface area (Å²) >= 11 is 0. The Balaban J connectivity index is 4.47. The Hall–Kier alpha value is -1.40. The Morgan fingerprint density at radius 1 is 0.452 bits per heavy atom. The van der Waals surface area contributed by atoms with E-state index in [9.17, 15) is 19.8 Å². The van der Waals surface area contributed by atoms with Crippen LogP contribution in [0.2, 0.25) is 0 Å². The molecule has 368 valence electrons. The molecule has 0 aliphatic carbocycles. The summed E-state index contributed by atoms with van der Waals surface area (Å²) in [6, 6.07) is -0.697. The fourth-order valence-electron chi connectivity index (χ4n) is 8.84. The number of unbranched alkanes of at least 4 members (excludes halogenated alkanes) is 37. The molecular formula is C56H109NO5. The number of nitrogens with one attached hydrogen (secondary N) is 1. The molecule has 0 aliphatic heterocycles. The normalized spacial score (nSPS) is 13.2. The molecule has 0 rings (SSSR count). The molecular weight excluding hydrogens is 767 g/mol. The molecule has 3 N–H and O–H groups in total. The van der Waals surface area contributed by atoms with Crippen LogP contribution in [0.3, 0.4) is 0 Å². The number of hydrogen-bond acceptors (Lipinski definition) is 5. The minimum Gasteiger partial charge on any atom is -0.462 e. The van der Waals surface area contributed by atoms with Gasteiger partial charge in [0.05, 0.1) is 25.2 Å². The number of aliphatic hydroxyl groups is 2. The van der Waals surface area contributed by atoms with Crippen LogP contribution in [-0.4, -0.2) is 46.9 Å². The molecule has 3 unspecified atom stereocenters. The standard InChI is InChI=1S/C56H109NO5/c1-4-7-10-13-16-19-22-25-27-28-29-31-33-36-39-42-45-48-54(59)53(51-58)57-55(60)50-52(47-44-41-38-35-32-30-26-23-20-17-14-11-8-5-2)62-56(61)49-46-43-40-37-34-24-21-18-15-12-9-6-3/h18,21,52-54,58-59H,4-17,19-20,22-51H2,1-3H3,(H,57,60)/b21-18-. The Bertz CT molecular complexity index is 939. The number of amides is 1. The van der Waals surface area contributed by atoms with Gasteiger partial charge in [0.25, 0.3) is 0 Å². The second-order valence-corrected chi connectivity index (χ2v) is 19.3. The van der Waals surface area contributed by atoms with E-state index in [0.29, 0.717) is 19.3 Å². The molecule has 6 heteroatoms. The van der Waals surface area contributed by atoms with Crippen LogP contribution < -0.4 is 5.32 Å². The second-order valence-electron chi connectivity index (χ2n) is 19.3. The summed E-state index contributed by atoms with van der Waals surface area (Å²) < 4.78 is 5.94. The molecule has 0 aromatic carbocycles. The number of allylic oxidation sites excluding steroid dienone is 2. The molecule has 62 heavy (non-hydrogen) atoms. The highest BCUT2D eigenvalue weighted by Gasteiger charge is 2.24. The van der Waals surface area contributed by atoms with E-state index >= 15 is 0 Å². The summed E-state index contributed by atoms with van der Waals surface area (Å²) in [6.07, 6.45) is 57.0. The van der Waals surface area contributed by atoms with Crippen LogP contribution >= 0.6 is 0 Å². The van der Waals surface area contributed by atoms with Crippen LogP contribution in [0.4, 0.5) is 0 Å². The lowest BCUT2D eigenvalue weighted by Crippen LogP contribution is -2.46. The molecule has 0 heterocycles. The average Bonchev–Trinajstić information content (AvgIpc) is 3.26. The largest absolute Gasteiger partial charge is 0.462 e. The first-order valence-electron chi connectivity index (χ1n) is 27.9. The van der Waals surface area contributed by atoms with Gasteiger partial charge in [-0.2, -0.15) is 0 Å². The molecule has 6 nitrogen and oxygen atoms in total. The second kappa shape index (κ2) is 50.6. The van der Waals surface area contributed by atoms with Gasteiger partial charge >= 0.3 is 5.97 Å². The minimum atomic E-state index is -0.783. The van der Waals surface area contributed by atoms with Gasteiger partial charge in [-0.15, -0.1) is 0 Å². The number of carbonyl (C=O) groups excluding carboxylic acids is 2. The zero-order chi connectivity index (χ0) is 45.2. The predicted molar refractivity (Wildman–Crippen MR) is 269 cm³/mol. The Kier molecular flexibility index (Phi) is 49.5. The summed E-state index contributed by atoms with van der Waals surface area (Å²) in [7, 11) is 0. The maximum Gasteiger partial charge on any atom is 0.306 e. The summed E-state index contributed by atoms with van der Waals surface area (Å²) in [6.45, 7) is 6.50. The van der Waals surface area contributed by atoms with Gasteiger partial charge in [0, 0.05) is 6.42 Å². The van der Waals surface area contributed by atoms with Crippen molar-refractivity contribution in [2.45, 2.75) is 328 Å². The van der Waals surface area contributed by atoms with Gasteiger partial charge in [-0.05, 0) is 51.4 Å². The summed E-state index contributed by atoms with van der Waals surface area (Å²) in [5.74, 6) is -0.464. The van der Waals surface area contributed by atoms with Crippen molar-refractivity contribution >= 4 is 11.9 Å². The first kappa shape index (κ1) is 60.6. The molecule has 0 spiro atoms. The average molecular weight is 876 g/mol. The van der Waals surface area contributed by atoms with Gasteiger partial charge in [0.15, 0.2) is 0 Å². The third-order valence-corrected chi connectivity index (χ3v) is 13.1. The van der Waals surface area contributed by atoms with E-state index in [1.807, 2.05) is 0 Å². The maximum absolute atomic E-state index is 13.2. The third-order valence-electron chi connectivity index (χ3n) is 13.1. The van der Waals surface area contributed by atoms with E-state index in [2.05, 4.69) is 38.2 Å². The molecule has 1 amide bonds. The molecule has 3 atom stereocenters. The van der Waals surface area contributed by atoms with Crippen LogP contribution in [0.5, 0.6) is 0 Å². The van der Waals surface area contributed by atoms with E-state index in [0.717, 1.165) is 51.4 Å². The fourth-order valence-corrected chi connectivity index (χ4v) is 8.84. The lowest BCUT2D eigenvalue weighted by atomic mass is 10.0. The molecule has 0 aromatic heterocycles. The van der Waals surface area contributed by atoms with Crippen molar-refractivity contribution in [1.29, 1.82) is 0 Å². The predicted octanol–water partition coefficient (Wildman–Crippen LogP) is 16.9. The number of rotatable bonds is 51. The van der Waals surface area contributed by atoms with Crippen molar-refractivity contribution in [3.05, 3.63) is 12.2 Å². The van der Waals surface area contributed by atoms with Crippen molar-refractivity contribution < 1.29 is 24.5 Å². The quantitative estimate of drug-likeness (QED) is 0.0321. The zero-order valence-corrected chi connectivity index (χ0v) is 42.0. The van der Waals surface area contributed by atoms with Crippen LogP contribution in [-0.2, 0) is 14.3 Å². The van der Waals surface area contributed by atoms with Gasteiger partial charge in [0.2, 0.25) is 5.91 Å². The van der Waals surface area contributed by atoms with Crippen molar-refractivity contribution in [3.8, 4) is 0 Å². The number of ether oxygens (including phenoxy) is 1. The molecule has 0 bridgehead atoms. The van der Waals surface area contributed by atoms with Gasteiger partial charge < -0.3 is 20.3 Å². The van der Waals surface area contributed by atoms with E-state index in [4.69, 9.17) is 4.74 Å². The maximum atomic E-state index is 13.2. The van der Waals surface area contributed by atoms with E-state index in [-0.39, 0.29) is 24.9 Å². The van der Waals surface area contributed by atoms with E-state index in [1.54, 1.807) is 0 Å². The Morgan fingerprint density at radius 3 is 1.18 bits per heavy atom. The first-order chi connectivity index (χ1) is 30.5. The molecule has 0 radical (unpaired) electrons. The number of carbonyl (C=O) groups is 2. The highest BCUT2D eigenvalue weighted by Crippen LogP contribution is 2.19. The topological polar surface area (TPSA) is 95.9 Å². The number of esters is 1. The van der Waals surface area contributed by atoms with Crippen LogP contribution in [0, 0.1) is 0 Å².